The fourth-order valence-electron chi connectivity index (χ4n) is 3.18. The van der Waals surface area contributed by atoms with Crippen molar-refractivity contribution in [2.75, 3.05) is 0 Å². The second-order valence-corrected chi connectivity index (χ2v) is 6.40. The topological polar surface area (TPSA) is 52.7 Å². The fourth-order valence-corrected chi connectivity index (χ4v) is 3.18. The fraction of sp³-hybridized carbons (Fsp3) is 0.136. The summed E-state index contributed by atoms with van der Waals surface area (Å²) in [5.41, 5.74) is 4.29. The average Bonchev–Trinajstić information content (AvgIpc) is 3.01. The van der Waals surface area contributed by atoms with Crippen molar-refractivity contribution < 1.29 is 0 Å². The van der Waals surface area contributed by atoms with Crippen LogP contribution in [0.25, 0.3) is 11.0 Å². The molecule has 0 aliphatic heterocycles. The molecule has 0 bridgehead atoms. The number of pyridine rings is 2. The number of hydrogen-bond donors (Lipinski definition) is 0. The predicted molar refractivity (Wildman–Crippen MR) is 105 cm³/mol. The Balaban J connectivity index is 1.76. The van der Waals surface area contributed by atoms with Crippen LogP contribution in [0.4, 0.5) is 0 Å². The van der Waals surface area contributed by atoms with E-state index in [-0.39, 0.29) is 5.56 Å². The van der Waals surface area contributed by atoms with Gasteiger partial charge in [0.2, 0.25) is 0 Å². The number of imidazole rings is 1. The second-order valence-electron chi connectivity index (χ2n) is 6.40. The van der Waals surface area contributed by atoms with Crippen molar-refractivity contribution in [3.8, 4) is 12.3 Å². The zero-order valence-electron chi connectivity index (χ0n) is 15.0. The van der Waals surface area contributed by atoms with Crippen LogP contribution in [0.3, 0.4) is 0 Å². The minimum atomic E-state index is -0.117. The molecule has 0 atom stereocenters. The van der Waals surface area contributed by atoms with Gasteiger partial charge >= 0.3 is 0 Å². The Bertz CT molecular complexity index is 1210. The normalized spacial score (nSPS) is 10.8. The molecule has 0 radical (unpaired) electrons. The summed E-state index contributed by atoms with van der Waals surface area (Å²) >= 11 is 0. The van der Waals surface area contributed by atoms with Gasteiger partial charge in [-0.2, -0.15) is 0 Å². The molecule has 0 fully saturated rings. The summed E-state index contributed by atoms with van der Waals surface area (Å²) in [7, 11) is 2.00. The van der Waals surface area contributed by atoms with E-state index in [4.69, 9.17) is 11.4 Å². The van der Waals surface area contributed by atoms with Gasteiger partial charge in [-0.15, -0.1) is 6.42 Å². The first-order chi connectivity index (χ1) is 13.2. The van der Waals surface area contributed by atoms with Crippen molar-refractivity contribution in [2.24, 2.45) is 7.05 Å². The molecule has 4 aromatic rings. The Labute approximate surface area is 157 Å². The number of aromatic nitrogens is 4. The number of hydrogen-bond acceptors (Lipinski definition) is 3. The summed E-state index contributed by atoms with van der Waals surface area (Å²) < 4.78 is 3.65. The minimum absolute atomic E-state index is 0.117. The molecule has 0 aliphatic carbocycles. The Morgan fingerprint density at radius 2 is 1.93 bits per heavy atom. The third kappa shape index (κ3) is 3.25. The summed E-state index contributed by atoms with van der Waals surface area (Å²) in [6, 6.07) is 15.3. The molecule has 5 heteroatoms. The van der Waals surface area contributed by atoms with Gasteiger partial charge in [0.15, 0.2) is 0 Å². The van der Waals surface area contributed by atoms with Gasteiger partial charge in [-0.3, -0.25) is 9.78 Å². The molecule has 0 amide bonds. The maximum atomic E-state index is 12.2. The Kier molecular flexibility index (Phi) is 4.31. The van der Waals surface area contributed by atoms with Crippen molar-refractivity contribution in [3.05, 3.63) is 93.9 Å². The molecule has 4 rings (SSSR count). The summed E-state index contributed by atoms with van der Waals surface area (Å²) in [4.78, 5) is 21.5. The third-order valence-corrected chi connectivity index (χ3v) is 4.64. The largest absolute Gasteiger partial charge is 0.331 e. The summed E-state index contributed by atoms with van der Waals surface area (Å²) in [5, 5.41) is 0. The molecule has 1 aromatic carbocycles. The van der Waals surface area contributed by atoms with Crippen molar-refractivity contribution in [2.45, 2.75) is 13.0 Å². The van der Waals surface area contributed by atoms with E-state index in [9.17, 15) is 4.79 Å². The van der Waals surface area contributed by atoms with Crippen LogP contribution in [0.15, 0.2) is 65.7 Å². The van der Waals surface area contributed by atoms with Crippen LogP contribution in [0.5, 0.6) is 0 Å². The van der Waals surface area contributed by atoms with Gasteiger partial charge in [0.05, 0.1) is 17.8 Å². The van der Waals surface area contributed by atoms with Gasteiger partial charge in [-0.25, -0.2) is 4.98 Å². The number of benzene rings is 1. The van der Waals surface area contributed by atoms with Crippen LogP contribution in [-0.4, -0.2) is 19.1 Å². The molecule has 0 N–H and O–H groups in total. The molecule has 3 heterocycles. The van der Waals surface area contributed by atoms with Crippen molar-refractivity contribution >= 4 is 11.0 Å². The molecule has 0 saturated carbocycles. The molecule has 0 aliphatic rings. The highest BCUT2D eigenvalue weighted by Crippen LogP contribution is 2.20. The number of fused-ring (bicyclic) bond motifs is 1. The molecule has 132 valence electrons. The maximum Gasteiger partial charge on any atom is 0.250 e. The van der Waals surface area contributed by atoms with E-state index in [1.807, 2.05) is 31.3 Å². The zero-order valence-corrected chi connectivity index (χ0v) is 15.0. The first kappa shape index (κ1) is 16.8. The molecule has 0 unspecified atom stereocenters. The van der Waals surface area contributed by atoms with Crippen molar-refractivity contribution in [3.63, 3.8) is 0 Å². The van der Waals surface area contributed by atoms with E-state index in [0.717, 1.165) is 29.0 Å². The van der Waals surface area contributed by atoms with Gasteiger partial charge in [0.25, 0.3) is 5.56 Å². The number of nitrogens with zero attached hydrogens (tertiary/aromatic N) is 4. The molecule has 3 aromatic heterocycles. The van der Waals surface area contributed by atoms with E-state index in [1.54, 1.807) is 23.0 Å². The highest BCUT2D eigenvalue weighted by atomic mass is 16.1. The quantitative estimate of drug-likeness (QED) is 0.530. The maximum absolute atomic E-state index is 12.2. The van der Waals surface area contributed by atoms with Gasteiger partial charge < -0.3 is 9.13 Å². The average molecular weight is 354 g/mol. The highest BCUT2D eigenvalue weighted by Gasteiger charge is 2.13. The Morgan fingerprint density at radius 1 is 1.11 bits per heavy atom. The van der Waals surface area contributed by atoms with Gasteiger partial charge in [-0.1, -0.05) is 36.3 Å². The zero-order chi connectivity index (χ0) is 18.8. The summed E-state index contributed by atoms with van der Waals surface area (Å²) in [6.45, 7) is 0.327. The lowest BCUT2D eigenvalue weighted by Gasteiger charge is -2.06. The molecule has 27 heavy (non-hydrogen) atoms. The first-order valence-corrected chi connectivity index (χ1v) is 8.66. The lowest BCUT2D eigenvalue weighted by molar-refractivity contribution is 0.742. The predicted octanol–water partition coefficient (Wildman–Crippen LogP) is 2.75. The minimum Gasteiger partial charge on any atom is -0.331 e. The number of terminal acetylenes is 1. The third-order valence-electron chi connectivity index (χ3n) is 4.64. The highest BCUT2D eigenvalue weighted by molar-refractivity contribution is 5.78. The van der Waals surface area contributed by atoms with E-state index in [0.29, 0.717) is 12.1 Å². The van der Waals surface area contributed by atoms with E-state index in [1.165, 1.54) is 11.6 Å². The van der Waals surface area contributed by atoms with Crippen LogP contribution in [0.1, 0.15) is 22.6 Å². The van der Waals surface area contributed by atoms with Crippen LogP contribution in [0.2, 0.25) is 0 Å². The molecule has 5 nitrogen and oxygen atoms in total. The second kappa shape index (κ2) is 6.93. The number of rotatable bonds is 4. The summed E-state index contributed by atoms with van der Waals surface area (Å²) in [5.74, 6) is 3.51. The van der Waals surface area contributed by atoms with Gasteiger partial charge in [-0.05, 0) is 17.7 Å². The van der Waals surface area contributed by atoms with Gasteiger partial charge in [0.1, 0.15) is 11.3 Å². The van der Waals surface area contributed by atoms with Crippen LogP contribution in [0, 0.1) is 12.3 Å². The lowest BCUT2D eigenvalue weighted by atomic mass is 10.1. The van der Waals surface area contributed by atoms with Crippen LogP contribution in [-0.2, 0) is 20.0 Å². The molecule has 0 spiro atoms. The van der Waals surface area contributed by atoms with Crippen molar-refractivity contribution in [1.82, 2.24) is 19.1 Å². The lowest BCUT2D eigenvalue weighted by Crippen LogP contribution is -2.20. The Morgan fingerprint density at radius 3 is 2.70 bits per heavy atom. The smallest absolute Gasteiger partial charge is 0.250 e. The first-order valence-electron chi connectivity index (χ1n) is 8.66. The monoisotopic (exact) mass is 354 g/mol. The molecular weight excluding hydrogens is 336 g/mol. The van der Waals surface area contributed by atoms with E-state index in [2.05, 4.69) is 27.6 Å². The van der Waals surface area contributed by atoms with Crippen molar-refractivity contribution in [1.29, 1.82) is 0 Å². The van der Waals surface area contributed by atoms with Crippen LogP contribution >= 0.6 is 0 Å². The van der Waals surface area contributed by atoms with Crippen LogP contribution < -0.4 is 5.56 Å². The Hall–Kier alpha value is -3.65. The number of aryl methyl sites for hydroxylation is 1. The molecular formula is C22H18N4O. The molecule has 0 saturated heterocycles. The van der Waals surface area contributed by atoms with E-state index >= 15 is 0 Å². The standard InChI is InChI=1S/C22H18N4O/c1-3-16-9-10-21(27)26(14-16)15-18-22-19(11-12-23-18)25(2)20(24-22)13-17-7-5-4-6-8-17/h1,4-12,14H,13,15H2,2H3. The van der Waals surface area contributed by atoms with E-state index < -0.39 is 0 Å². The van der Waals surface area contributed by atoms with Gasteiger partial charge in [0, 0.05) is 37.5 Å². The summed E-state index contributed by atoms with van der Waals surface area (Å²) in [6.07, 6.45) is 9.62. The SMILES string of the molecule is C#Cc1ccc(=O)n(Cc2nccc3c2nc(Cc2ccccc2)n3C)c1.